The van der Waals surface area contributed by atoms with Crippen LogP contribution in [0.4, 0.5) is 5.82 Å². The molecule has 0 spiro atoms. The molecule has 1 amide bonds. The quantitative estimate of drug-likeness (QED) is 0.717. The molecule has 1 N–H and O–H groups in total. The standard InChI is InChI=1S/C16H16N4O3S3/c21-15(19-14-12-5-9-25-16(12)18-10-17-14)11-3-6-20(7-4-11)26(22,23)13-2-1-8-24-13/h1-2,5,8-11H,3-4,6-7H2,(H,17,18,19,21). The van der Waals surface area contributed by atoms with E-state index in [1.54, 1.807) is 17.5 Å². The molecule has 7 nitrogen and oxygen atoms in total. The smallest absolute Gasteiger partial charge is 0.252 e. The lowest BCUT2D eigenvalue weighted by Gasteiger charge is -2.30. The first-order valence-electron chi connectivity index (χ1n) is 8.08. The van der Waals surface area contributed by atoms with E-state index in [0.717, 1.165) is 10.2 Å². The molecule has 1 fully saturated rings. The van der Waals surface area contributed by atoms with E-state index in [1.807, 2.05) is 11.4 Å². The molecule has 0 unspecified atom stereocenters. The number of amides is 1. The molecule has 1 aliphatic rings. The van der Waals surface area contributed by atoms with Gasteiger partial charge in [-0.1, -0.05) is 6.07 Å². The van der Waals surface area contributed by atoms with Gasteiger partial charge in [0.1, 0.15) is 21.2 Å². The highest BCUT2D eigenvalue weighted by Crippen LogP contribution is 2.28. The van der Waals surface area contributed by atoms with Gasteiger partial charge >= 0.3 is 0 Å². The van der Waals surface area contributed by atoms with E-state index in [4.69, 9.17) is 0 Å². The monoisotopic (exact) mass is 408 g/mol. The van der Waals surface area contributed by atoms with Crippen molar-refractivity contribution in [3.05, 3.63) is 35.3 Å². The third kappa shape index (κ3) is 3.25. The van der Waals surface area contributed by atoms with Crippen LogP contribution >= 0.6 is 22.7 Å². The van der Waals surface area contributed by atoms with Gasteiger partial charge in [0.2, 0.25) is 5.91 Å². The number of thiophene rings is 2. The molecule has 1 saturated heterocycles. The van der Waals surface area contributed by atoms with Gasteiger partial charge in [-0.2, -0.15) is 4.31 Å². The van der Waals surface area contributed by atoms with E-state index in [2.05, 4.69) is 15.3 Å². The lowest BCUT2D eigenvalue weighted by atomic mass is 9.97. The first-order valence-corrected chi connectivity index (χ1v) is 11.3. The topological polar surface area (TPSA) is 92.3 Å². The zero-order valence-electron chi connectivity index (χ0n) is 13.7. The van der Waals surface area contributed by atoms with Crippen molar-refractivity contribution in [1.82, 2.24) is 14.3 Å². The molecule has 0 radical (unpaired) electrons. The highest BCUT2D eigenvalue weighted by atomic mass is 32.2. The Kier molecular flexibility index (Phi) is 4.74. The van der Waals surface area contributed by atoms with Gasteiger partial charge in [-0.05, 0) is 35.7 Å². The van der Waals surface area contributed by atoms with Crippen molar-refractivity contribution in [2.75, 3.05) is 18.4 Å². The molecule has 3 aromatic rings. The number of hydrogen-bond donors (Lipinski definition) is 1. The van der Waals surface area contributed by atoms with Crippen LogP contribution in [-0.2, 0) is 14.8 Å². The predicted molar refractivity (Wildman–Crippen MR) is 102 cm³/mol. The van der Waals surface area contributed by atoms with Gasteiger partial charge in [-0.15, -0.1) is 22.7 Å². The highest BCUT2D eigenvalue weighted by Gasteiger charge is 2.32. The summed E-state index contributed by atoms with van der Waals surface area (Å²) >= 11 is 2.70. The molecular formula is C16H16N4O3S3. The van der Waals surface area contributed by atoms with Crippen LogP contribution in [0.5, 0.6) is 0 Å². The Labute approximate surface area is 158 Å². The lowest BCUT2D eigenvalue weighted by molar-refractivity contribution is -0.120. The summed E-state index contributed by atoms with van der Waals surface area (Å²) in [6.07, 6.45) is 2.42. The van der Waals surface area contributed by atoms with Crippen molar-refractivity contribution in [3.8, 4) is 0 Å². The van der Waals surface area contributed by atoms with E-state index in [9.17, 15) is 13.2 Å². The number of sulfonamides is 1. The highest BCUT2D eigenvalue weighted by molar-refractivity contribution is 7.91. The van der Waals surface area contributed by atoms with Crippen molar-refractivity contribution < 1.29 is 13.2 Å². The van der Waals surface area contributed by atoms with Crippen LogP contribution in [0.1, 0.15) is 12.8 Å². The van der Waals surface area contributed by atoms with Crippen molar-refractivity contribution in [2.45, 2.75) is 17.1 Å². The van der Waals surface area contributed by atoms with Gasteiger partial charge in [0.15, 0.2) is 0 Å². The second kappa shape index (κ2) is 7.03. The average molecular weight is 409 g/mol. The van der Waals surface area contributed by atoms with Crippen LogP contribution in [0.2, 0.25) is 0 Å². The molecule has 1 aliphatic heterocycles. The van der Waals surface area contributed by atoms with Crippen molar-refractivity contribution in [2.24, 2.45) is 5.92 Å². The molecule has 26 heavy (non-hydrogen) atoms. The third-order valence-corrected chi connectivity index (χ3v) is 8.51. The summed E-state index contributed by atoms with van der Waals surface area (Å²) in [6, 6.07) is 5.22. The molecule has 136 valence electrons. The van der Waals surface area contributed by atoms with E-state index in [-0.39, 0.29) is 11.8 Å². The van der Waals surface area contributed by atoms with Gasteiger partial charge in [0.05, 0.1) is 5.39 Å². The van der Waals surface area contributed by atoms with Crippen LogP contribution in [0.25, 0.3) is 10.2 Å². The summed E-state index contributed by atoms with van der Waals surface area (Å²) in [7, 11) is -3.45. The fraction of sp³-hybridized carbons (Fsp3) is 0.312. The van der Waals surface area contributed by atoms with Crippen molar-refractivity contribution in [1.29, 1.82) is 0 Å². The molecule has 10 heteroatoms. The molecule has 4 rings (SSSR count). The zero-order valence-corrected chi connectivity index (χ0v) is 16.1. The maximum Gasteiger partial charge on any atom is 0.252 e. The molecule has 0 aromatic carbocycles. The maximum absolute atomic E-state index is 12.6. The normalized spacial score (nSPS) is 16.8. The molecular weight excluding hydrogens is 392 g/mol. The number of piperidine rings is 1. The van der Waals surface area contributed by atoms with Gasteiger partial charge < -0.3 is 5.32 Å². The molecule has 3 aromatic heterocycles. The minimum absolute atomic E-state index is 0.121. The number of hydrogen-bond acceptors (Lipinski definition) is 7. The van der Waals surface area contributed by atoms with E-state index in [0.29, 0.717) is 36.0 Å². The minimum Gasteiger partial charge on any atom is -0.310 e. The molecule has 0 saturated carbocycles. The van der Waals surface area contributed by atoms with E-state index >= 15 is 0 Å². The Bertz CT molecular complexity index is 1020. The lowest BCUT2D eigenvalue weighted by Crippen LogP contribution is -2.41. The molecule has 0 aliphatic carbocycles. The SMILES string of the molecule is O=C(Nc1ncnc2sccc12)C1CCN(S(=O)(=O)c2cccs2)CC1. The largest absolute Gasteiger partial charge is 0.310 e. The molecule has 0 atom stereocenters. The summed E-state index contributed by atoms with van der Waals surface area (Å²) < 4.78 is 26.9. The van der Waals surface area contributed by atoms with E-state index in [1.165, 1.54) is 33.3 Å². The van der Waals surface area contributed by atoms with Crippen molar-refractivity contribution >= 4 is 54.6 Å². The molecule has 4 heterocycles. The number of carbonyl (C=O) groups excluding carboxylic acids is 1. The number of carbonyl (C=O) groups is 1. The van der Waals surface area contributed by atoms with Gasteiger partial charge in [-0.25, -0.2) is 18.4 Å². The van der Waals surface area contributed by atoms with Crippen LogP contribution in [0, 0.1) is 5.92 Å². The van der Waals surface area contributed by atoms with E-state index < -0.39 is 10.0 Å². The Hall–Kier alpha value is -1.88. The summed E-state index contributed by atoms with van der Waals surface area (Å²) in [5, 5.41) is 7.35. The van der Waals surface area contributed by atoms with Crippen molar-refractivity contribution in [3.63, 3.8) is 0 Å². The Morgan fingerprint density at radius 1 is 1.15 bits per heavy atom. The first-order chi connectivity index (χ1) is 12.6. The van der Waals surface area contributed by atoms with Crippen LogP contribution < -0.4 is 5.32 Å². The van der Waals surface area contributed by atoms with Crippen LogP contribution in [-0.4, -0.2) is 41.7 Å². The first kappa shape index (κ1) is 17.5. The van der Waals surface area contributed by atoms with Gasteiger partial charge in [-0.3, -0.25) is 4.79 Å². The van der Waals surface area contributed by atoms with Gasteiger partial charge in [0.25, 0.3) is 10.0 Å². The number of nitrogens with zero attached hydrogens (tertiary/aromatic N) is 3. The summed E-state index contributed by atoms with van der Waals surface area (Å²) in [5.74, 6) is 0.160. The summed E-state index contributed by atoms with van der Waals surface area (Å²) in [4.78, 5) is 21.7. The number of rotatable bonds is 4. The third-order valence-electron chi connectivity index (χ3n) is 4.42. The van der Waals surface area contributed by atoms with Crippen LogP contribution in [0.15, 0.2) is 39.5 Å². The average Bonchev–Trinajstić information content (AvgIpc) is 3.34. The number of fused-ring (bicyclic) bond motifs is 1. The number of aromatic nitrogens is 2. The van der Waals surface area contributed by atoms with Gasteiger partial charge in [0, 0.05) is 19.0 Å². The Morgan fingerprint density at radius 2 is 1.96 bits per heavy atom. The predicted octanol–water partition coefficient (Wildman–Crippen LogP) is 2.79. The Morgan fingerprint density at radius 3 is 2.69 bits per heavy atom. The second-order valence-electron chi connectivity index (χ2n) is 5.96. The fourth-order valence-electron chi connectivity index (χ4n) is 3.00. The Balaban J connectivity index is 1.42. The number of anilines is 1. The second-order valence-corrected chi connectivity index (χ2v) is 9.97. The molecule has 0 bridgehead atoms. The summed E-state index contributed by atoms with van der Waals surface area (Å²) in [5.41, 5.74) is 0. The van der Waals surface area contributed by atoms with Crippen LogP contribution in [0.3, 0.4) is 0 Å². The summed E-state index contributed by atoms with van der Waals surface area (Å²) in [6.45, 7) is 0.686. The minimum atomic E-state index is -3.45. The zero-order chi connectivity index (χ0) is 18.1. The fourth-order valence-corrected chi connectivity index (χ4v) is 6.35. The number of nitrogens with one attached hydrogen (secondary N) is 1. The maximum atomic E-state index is 12.6.